The summed E-state index contributed by atoms with van der Waals surface area (Å²) in [6.45, 7) is 0. The van der Waals surface area contributed by atoms with Crippen molar-refractivity contribution in [3.8, 4) is 0 Å². The number of benzene rings is 1. The number of halogens is 3. The van der Waals surface area contributed by atoms with Crippen molar-refractivity contribution >= 4 is 53.1 Å². The Bertz CT molecular complexity index is 300. The van der Waals surface area contributed by atoms with Crippen molar-refractivity contribution in [1.29, 1.82) is 0 Å². The van der Waals surface area contributed by atoms with E-state index in [0.717, 1.165) is 0 Å². The summed E-state index contributed by atoms with van der Waals surface area (Å²) in [5, 5.41) is 0. The van der Waals surface area contributed by atoms with Crippen LogP contribution < -0.4 is 35.3 Å². The van der Waals surface area contributed by atoms with Gasteiger partial charge in [-0.3, -0.25) is 0 Å². The molecule has 0 saturated heterocycles. The van der Waals surface area contributed by atoms with Crippen LogP contribution in [0.1, 0.15) is 5.56 Å². The maximum atomic E-state index is 5.63. The number of hydrogen-bond acceptors (Lipinski definition) is 2. The van der Waals surface area contributed by atoms with Crippen LogP contribution in [-0.4, -0.2) is 0 Å². The Balaban J connectivity index is 0.00000144. The van der Waals surface area contributed by atoms with E-state index in [1.807, 2.05) is 0 Å². The number of rotatable bonds is 0. The fraction of sp³-hybridized carbons (Fsp3) is 0.143. The summed E-state index contributed by atoms with van der Waals surface area (Å²) in [6.07, 6.45) is 0. The monoisotopic (exact) mass is 264 g/mol. The topological polar surface area (TPSA) is 26.0 Å². The molecule has 0 bridgehead atoms. The molecule has 0 aliphatic heterocycles. The van der Waals surface area contributed by atoms with Gasteiger partial charge in [0.1, 0.15) is 0 Å². The van der Waals surface area contributed by atoms with Crippen LogP contribution in [0.3, 0.4) is 0 Å². The molecular formula is C7H6Cl3NNaS+. The summed E-state index contributed by atoms with van der Waals surface area (Å²) in [4.78, 5) is 0.674. The molecule has 66 valence electrons. The molecule has 0 heterocycles. The summed E-state index contributed by atoms with van der Waals surface area (Å²) in [5.41, 5.74) is 6.61. The minimum atomic E-state index is -1.42. The van der Waals surface area contributed by atoms with Crippen molar-refractivity contribution in [2.24, 2.45) is 0 Å². The van der Waals surface area contributed by atoms with Crippen molar-refractivity contribution in [1.82, 2.24) is 0 Å². The van der Waals surface area contributed by atoms with Gasteiger partial charge in [0.25, 0.3) is 0 Å². The molecule has 0 unspecified atom stereocenters. The first kappa shape index (κ1) is 14.2. The van der Waals surface area contributed by atoms with Crippen LogP contribution in [0, 0.1) is 0 Å². The average molecular weight is 266 g/mol. The third kappa shape index (κ3) is 4.08. The molecule has 2 N–H and O–H groups in total. The minimum absolute atomic E-state index is 0. The second-order valence-corrected chi connectivity index (χ2v) is 5.03. The number of nitrogen functional groups attached to an aromatic ring is 1. The van der Waals surface area contributed by atoms with E-state index >= 15 is 0 Å². The van der Waals surface area contributed by atoms with Gasteiger partial charge in [-0.1, -0.05) is 40.9 Å². The summed E-state index contributed by atoms with van der Waals surface area (Å²) in [5.74, 6) is 0. The van der Waals surface area contributed by atoms with Gasteiger partial charge in [-0.25, -0.2) is 0 Å². The standard InChI is InChI=1S/C7H6Cl3NS.Na/c8-7(9,10)4-1-2-6(12)5(11)3-4;/h1-3,12H,11H2;/q;+1. The van der Waals surface area contributed by atoms with Gasteiger partial charge in [-0.05, 0) is 12.1 Å². The predicted molar refractivity (Wildman–Crippen MR) is 57.3 cm³/mol. The Labute approximate surface area is 120 Å². The van der Waals surface area contributed by atoms with Crippen molar-refractivity contribution in [3.05, 3.63) is 23.8 Å². The van der Waals surface area contributed by atoms with Gasteiger partial charge in [0.15, 0.2) is 0 Å². The summed E-state index contributed by atoms with van der Waals surface area (Å²) in [6, 6.07) is 4.96. The molecule has 13 heavy (non-hydrogen) atoms. The fourth-order valence-corrected chi connectivity index (χ4v) is 1.22. The van der Waals surface area contributed by atoms with Crippen LogP contribution in [0.4, 0.5) is 5.69 Å². The van der Waals surface area contributed by atoms with Crippen LogP contribution >= 0.6 is 47.4 Å². The molecule has 0 spiro atoms. The molecule has 0 saturated carbocycles. The average Bonchev–Trinajstić information content (AvgIpc) is 1.92. The van der Waals surface area contributed by atoms with Crippen molar-refractivity contribution in [3.63, 3.8) is 0 Å². The molecule has 6 heteroatoms. The quantitative estimate of drug-likeness (QED) is 0.302. The number of nitrogens with two attached hydrogens (primary N) is 1. The van der Waals surface area contributed by atoms with E-state index in [-0.39, 0.29) is 29.6 Å². The predicted octanol–water partition coefficient (Wildman–Crippen LogP) is 0.388. The first-order valence-electron chi connectivity index (χ1n) is 3.07. The second-order valence-electron chi connectivity index (χ2n) is 2.27. The van der Waals surface area contributed by atoms with Gasteiger partial charge in [-0.2, -0.15) is 0 Å². The van der Waals surface area contributed by atoms with Crippen LogP contribution in [0.5, 0.6) is 0 Å². The number of alkyl halides is 3. The van der Waals surface area contributed by atoms with E-state index in [0.29, 0.717) is 16.1 Å². The first-order chi connectivity index (χ1) is 5.41. The molecule has 0 fully saturated rings. The van der Waals surface area contributed by atoms with Gasteiger partial charge in [-0.15, -0.1) is 12.6 Å². The Morgan fingerprint density at radius 2 is 1.77 bits per heavy atom. The Morgan fingerprint density at radius 3 is 2.15 bits per heavy atom. The maximum absolute atomic E-state index is 5.63. The van der Waals surface area contributed by atoms with Crippen LogP contribution in [0.2, 0.25) is 0 Å². The second kappa shape index (κ2) is 5.36. The zero-order valence-corrected chi connectivity index (χ0v) is 12.1. The van der Waals surface area contributed by atoms with E-state index in [9.17, 15) is 0 Å². The molecule has 0 radical (unpaired) electrons. The van der Waals surface area contributed by atoms with Gasteiger partial charge in [0.05, 0.1) is 0 Å². The van der Waals surface area contributed by atoms with E-state index in [2.05, 4.69) is 12.6 Å². The summed E-state index contributed by atoms with van der Waals surface area (Å²) >= 11 is 21.0. The number of thiol groups is 1. The fourth-order valence-electron chi connectivity index (χ4n) is 0.731. The third-order valence-corrected chi connectivity index (χ3v) is 2.42. The SMILES string of the molecule is Nc1cc(C(Cl)(Cl)Cl)ccc1S.[Na+]. The van der Waals surface area contributed by atoms with E-state index < -0.39 is 3.79 Å². The normalized spacial score (nSPS) is 10.8. The first-order valence-corrected chi connectivity index (χ1v) is 4.65. The number of hydrogen-bond donors (Lipinski definition) is 2. The molecule has 0 aliphatic carbocycles. The minimum Gasteiger partial charge on any atom is -0.398 e. The van der Waals surface area contributed by atoms with Gasteiger partial charge < -0.3 is 5.73 Å². The van der Waals surface area contributed by atoms with Crippen LogP contribution in [0.25, 0.3) is 0 Å². The van der Waals surface area contributed by atoms with E-state index in [1.165, 1.54) is 0 Å². The smallest absolute Gasteiger partial charge is 0.398 e. The van der Waals surface area contributed by atoms with Crippen LogP contribution in [0.15, 0.2) is 23.1 Å². The van der Waals surface area contributed by atoms with Crippen LogP contribution in [-0.2, 0) is 3.79 Å². The molecule has 1 rings (SSSR count). The molecule has 1 aromatic rings. The molecule has 1 nitrogen and oxygen atoms in total. The third-order valence-electron chi connectivity index (χ3n) is 1.35. The number of anilines is 1. The van der Waals surface area contributed by atoms with Crippen molar-refractivity contribution in [2.75, 3.05) is 5.73 Å². The van der Waals surface area contributed by atoms with Gasteiger partial charge in [0.2, 0.25) is 3.79 Å². The largest absolute Gasteiger partial charge is 1.00 e. The molecule has 0 aromatic heterocycles. The zero-order chi connectivity index (χ0) is 9.35. The molecule has 1 aromatic carbocycles. The Hall–Kier alpha value is 1.24. The van der Waals surface area contributed by atoms with Crippen molar-refractivity contribution in [2.45, 2.75) is 8.69 Å². The molecule has 0 amide bonds. The maximum Gasteiger partial charge on any atom is 1.00 e. The molecule has 0 atom stereocenters. The summed E-state index contributed by atoms with van der Waals surface area (Å²) < 4.78 is -1.42. The van der Waals surface area contributed by atoms with Crippen molar-refractivity contribution < 1.29 is 29.6 Å². The molecule has 0 aliphatic rings. The Kier molecular flexibility index (Phi) is 5.87. The van der Waals surface area contributed by atoms with E-state index in [1.54, 1.807) is 18.2 Å². The summed E-state index contributed by atoms with van der Waals surface area (Å²) in [7, 11) is 0. The Morgan fingerprint density at radius 1 is 1.23 bits per heavy atom. The van der Waals surface area contributed by atoms with Gasteiger partial charge in [0, 0.05) is 16.1 Å². The van der Waals surface area contributed by atoms with Gasteiger partial charge >= 0.3 is 29.6 Å². The van der Waals surface area contributed by atoms with E-state index in [4.69, 9.17) is 40.5 Å². The zero-order valence-electron chi connectivity index (χ0n) is 6.89. The molecular weight excluding hydrogens is 260 g/mol.